The lowest BCUT2D eigenvalue weighted by molar-refractivity contribution is -0.126. The fraction of sp³-hybridized carbons (Fsp3) is 0.611. The molecule has 23 heavy (non-hydrogen) atoms. The predicted octanol–water partition coefficient (Wildman–Crippen LogP) is 2.53. The van der Waals surface area contributed by atoms with Crippen LogP contribution in [0.15, 0.2) is 28.7 Å². The average Bonchev–Trinajstić information content (AvgIpc) is 2.59. The van der Waals surface area contributed by atoms with Crippen molar-refractivity contribution >= 4 is 21.8 Å². The first-order valence-electron chi connectivity index (χ1n) is 8.68. The SMILES string of the molecule is O=C(NC1CCN(Cc2ccc(Br)cc2)CC1)C1CCCNC1. The summed E-state index contributed by atoms with van der Waals surface area (Å²) in [5.41, 5.74) is 1.35. The van der Waals surface area contributed by atoms with Crippen LogP contribution in [0.3, 0.4) is 0 Å². The Kier molecular flexibility index (Phi) is 6.08. The number of nitrogens with one attached hydrogen (secondary N) is 2. The number of nitrogens with zero attached hydrogens (tertiary/aromatic N) is 1. The fourth-order valence-corrected chi connectivity index (χ4v) is 3.74. The standard InChI is InChI=1S/C18H26BrN3O/c19-16-5-3-14(4-6-16)13-22-10-7-17(8-11-22)21-18(23)15-2-1-9-20-12-15/h3-6,15,17,20H,1-2,7-13H2,(H,21,23). The first-order chi connectivity index (χ1) is 11.2. The number of likely N-dealkylation sites (tertiary alicyclic amines) is 1. The Balaban J connectivity index is 1.41. The molecule has 1 aromatic rings. The molecule has 1 atom stereocenters. The highest BCUT2D eigenvalue weighted by atomic mass is 79.9. The average molecular weight is 380 g/mol. The Bertz CT molecular complexity index is 506. The van der Waals surface area contributed by atoms with Crippen LogP contribution in [0.2, 0.25) is 0 Å². The molecule has 2 aliphatic heterocycles. The number of piperidine rings is 2. The Labute approximate surface area is 147 Å². The molecule has 0 spiro atoms. The first-order valence-corrected chi connectivity index (χ1v) is 9.48. The molecule has 0 radical (unpaired) electrons. The lowest BCUT2D eigenvalue weighted by atomic mass is 9.97. The van der Waals surface area contributed by atoms with Crippen LogP contribution < -0.4 is 10.6 Å². The minimum absolute atomic E-state index is 0.171. The van der Waals surface area contributed by atoms with Gasteiger partial charge in [0, 0.05) is 36.7 Å². The number of hydrogen-bond acceptors (Lipinski definition) is 3. The van der Waals surface area contributed by atoms with Gasteiger partial charge in [-0.3, -0.25) is 9.69 Å². The lowest BCUT2D eigenvalue weighted by Gasteiger charge is -2.33. The maximum Gasteiger partial charge on any atom is 0.224 e. The van der Waals surface area contributed by atoms with E-state index >= 15 is 0 Å². The van der Waals surface area contributed by atoms with Gasteiger partial charge in [-0.05, 0) is 49.9 Å². The van der Waals surface area contributed by atoms with Crippen molar-refractivity contribution in [2.75, 3.05) is 26.2 Å². The van der Waals surface area contributed by atoms with E-state index in [-0.39, 0.29) is 11.8 Å². The molecule has 1 unspecified atom stereocenters. The van der Waals surface area contributed by atoms with Crippen LogP contribution in [0.5, 0.6) is 0 Å². The summed E-state index contributed by atoms with van der Waals surface area (Å²) in [5.74, 6) is 0.424. The van der Waals surface area contributed by atoms with Gasteiger partial charge in [0.2, 0.25) is 5.91 Å². The van der Waals surface area contributed by atoms with E-state index in [1.807, 2.05) is 0 Å². The van der Waals surface area contributed by atoms with Crippen LogP contribution in [0.4, 0.5) is 0 Å². The molecule has 2 N–H and O–H groups in total. The molecule has 1 aromatic carbocycles. The summed E-state index contributed by atoms with van der Waals surface area (Å²) in [7, 11) is 0. The number of rotatable bonds is 4. The summed E-state index contributed by atoms with van der Waals surface area (Å²) in [6, 6.07) is 8.90. The molecule has 2 aliphatic rings. The fourth-order valence-electron chi connectivity index (χ4n) is 3.48. The van der Waals surface area contributed by atoms with Crippen molar-refractivity contribution in [3.63, 3.8) is 0 Å². The van der Waals surface area contributed by atoms with E-state index in [0.29, 0.717) is 6.04 Å². The minimum atomic E-state index is 0.171. The van der Waals surface area contributed by atoms with Gasteiger partial charge in [0.05, 0.1) is 5.92 Å². The molecule has 0 bridgehead atoms. The smallest absolute Gasteiger partial charge is 0.224 e. The third-order valence-corrected chi connectivity index (χ3v) is 5.45. The van der Waals surface area contributed by atoms with Crippen LogP contribution >= 0.6 is 15.9 Å². The molecule has 126 valence electrons. The third kappa shape index (κ3) is 5.03. The van der Waals surface area contributed by atoms with Crippen LogP contribution in [0.25, 0.3) is 0 Å². The topological polar surface area (TPSA) is 44.4 Å². The first kappa shape index (κ1) is 16.9. The highest BCUT2D eigenvalue weighted by molar-refractivity contribution is 9.10. The molecule has 4 nitrogen and oxygen atoms in total. The Morgan fingerprint density at radius 3 is 2.61 bits per heavy atom. The number of hydrogen-bond donors (Lipinski definition) is 2. The van der Waals surface area contributed by atoms with Crippen LogP contribution in [0.1, 0.15) is 31.2 Å². The van der Waals surface area contributed by atoms with Crippen molar-refractivity contribution in [3.05, 3.63) is 34.3 Å². The maximum absolute atomic E-state index is 12.3. The van der Waals surface area contributed by atoms with Crippen LogP contribution in [-0.4, -0.2) is 43.0 Å². The van der Waals surface area contributed by atoms with Gasteiger partial charge in [0.1, 0.15) is 0 Å². The molecule has 5 heteroatoms. The summed E-state index contributed by atoms with van der Waals surface area (Å²) in [6.07, 6.45) is 4.26. The second kappa shape index (κ2) is 8.27. The summed E-state index contributed by atoms with van der Waals surface area (Å²) in [5, 5.41) is 6.59. The number of halogens is 1. The molecule has 2 heterocycles. The molecule has 1 amide bonds. The second-order valence-electron chi connectivity index (χ2n) is 6.73. The third-order valence-electron chi connectivity index (χ3n) is 4.92. The van der Waals surface area contributed by atoms with E-state index in [0.717, 1.165) is 62.9 Å². The van der Waals surface area contributed by atoms with Gasteiger partial charge in [-0.1, -0.05) is 28.1 Å². The summed E-state index contributed by atoms with van der Waals surface area (Å²) in [6.45, 7) is 5.01. The van der Waals surface area contributed by atoms with Gasteiger partial charge >= 0.3 is 0 Å². The monoisotopic (exact) mass is 379 g/mol. The van der Waals surface area contributed by atoms with Crippen LogP contribution in [0, 0.1) is 5.92 Å². The van der Waals surface area contributed by atoms with E-state index in [9.17, 15) is 4.79 Å². The van der Waals surface area contributed by atoms with Crippen molar-refractivity contribution in [2.45, 2.75) is 38.3 Å². The quantitative estimate of drug-likeness (QED) is 0.844. The highest BCUT2D eigenvalue weighted by Crippen LogP contribution is 2.17. The molecule has 0 aliphatic carbocycles. The van der Waals surface area contributed by atoms with Crippen molar-refractivity contribution < 1.29 is 4.79 Å². The van der Waals surface area contributed by atoms with Crippen molar-refractivity contribution in [1.82, 2.24) is 15.5 Å². The Hall–Kier alpha value is -0.910. The second-order valence-corrected chi connectivity index (χ2v) is 7.64. The van der Waals surface area contributed by atoms with Crippen molar-refractivity contribution in [1.29, 1.82) is 0 Å². The highest BCUT2D eigenvalue weighted by Gasteiger charge is 2.25. The van der Waals surface area contributed by atoms with Gasteiger partial charge in [-0.2, -0.15) is 0 Å². The van der Waals surface area contributed by atoms with E-state index in [2.05, 4.69) is 55.7 Å². The number of carbonyl (C=O) groups excluding carboxylic acids is 1. The van der Waals surface area contributed by atoms with Crippen molar-refractivity contribution in [3.8, 4) is 0 Å². The summed E-state index contributed by atoms with van der Waals surface area (Å²) < 4.78 is 1.12. The molecule has 0 saturated carbocycles. The van der Waals surface area contributed by atoms with E-state index < -0.39 is 0 Å². The van der Waals surface area contributed by atoms with E-state index in [1.54, 1.807) is 0 Å². The van der Waals surface area contributed by atoms with Gasteiger partial charge < -0.3 is 10.6 Å². The van der Waals surface area contributed by atoms with Crippen molar-refractivity contribution in [2.24, 2.45) is 5.92 Å². The van der Waals surface area contributed by atoms with E-state index in [4.69, 9.17) is 0 Å². The zero-order valence-corrected chi connectivity index (χ0v) is 15.1. The molecule has 2 fully saturated rings. The maximum atomic E-state index is 12.3. The van der Waals surface area contributed by atoms with Gasteiger partial charge in [0.25, 0.3) is 0 Å². The summed E-state index contributed by atoms with van der Waals surface area (Å²) >= 11 is 3.48. The number of carbonyl (C=O) groups is 1. The minimum Gasteiger partial charge on any atom is -0.353 e. The molecular formula is C18H26BrN3O. The Morgan fingerprint density at radius 1 is 1.22 bits per heavy atom. The van der Waals surface area contributed by atoms with Crippen LogP contribution in [-0.2, 0) is 11.3 Å². The number of benzene rings is 1. The lowest BCUT2D eigenvalue weighted by Crippen LogP contribution is -2.48. The van der Waals surface area contributed by atoms with Gasteiger partial charge in [-0.25, -0.2) is 0 Å². The molecular weight excluding hydrogens is 354 g/mol. The molecule has 3 rings (SSSR count). The number of amides is 1. The Morgan fingerprint density at radius 2 is 1.96 bits per heavy atom. The normalized spacial score (nSPS) is 23.6. The molecule has 0 aromatic heterocycles. The zero-order valence-electron chi connectivity index (χ0n) is 13.6. The largest absolute Gasteiger partial charge is 0.353 e. The van der Waals surface area contributed by atoms with Gasteiger partial charge in [0.15, 0.2) is 0 Å². The van der Waals surface area contributed by atoms with E-state index in [1.165, 1.54) is 5.56 Å². The predicted molar refractivity (Wildman–Crippen MR) is 96.2 cm³/mol. The molecule has 2 saturated heterocycles. The summed E-state index contributed by atoms with van der Waals surface area (Å²) in [4.78, 5) is 14.8. The zero-order chi connectivity index (χ0) is 16.1. The van der Waals surface area contributed by atoms with Gasteiger partial charge in [-0.15, -0.1) is 0 Å².